The summed E-state index contributed by atoms with van der Waals surface area (Å²) in [5.41, 5.74) is 0.497. The van der Waals surface area contributed by atoms with Gasteiger partial charge in [-0.1, -0.05) is 23.8 Å². The van der Waals surface area contributed by atoms with Crippen LogP contribution in [0.25, 0.3) is 5.76 Å². The Bertz CT molecular complexity index is 1320. The van der Waals surface area contributed by atoms with Crippen LogP contribution in [0.3, 0.4) is 0 Å². The van der Waals surface area contributed by atoms with Gasteiger partial charge in [0.15, 0.2) is 0 Å². The predicted molar refractivity (Wildman–Crippen MR) is 117 cm³/mol. The van der Waals surface area contributed by atoms with Crippen LogP contribution < -0.4 is 9.64 Å². The Morgan fingerprint density at radius 2 is 1.79 bits per heavy atom. The smallest absolute Gasteiger partial charge is 0.300 e. The SMILES string of the molecule is COc1ccc(C)cc1/C(O)=C1\C(=O)C(=O)N(c2ccc(F)cc2F)C1c1cccc(O)c1. The molecule has 33 heavy (non-hydrogen) atoms. The molecule has 3 aromatic carbocycles. The number of phenols is 1. The lowest BCUT2D eigenvalue weighted by Gasteiger charge is -2.26. The summed E-state index contributed by atoms with van der Waals surface area (Å²) in [5.74, 6) is -4.51. The van der Waals surface area contributed by atoms with E-state index >= 15 is 0 Å². The Labute approximate surface area is 188 Å². The second-order valence-corrected chi connectivity index (χ2v) is 7.56. The van der Waals surface area contributed by atoms with Gasteiger partial charge in [-0.2, -0.15) is 0 Å². The van der Waals surface area contributed by atoms with E-state index in [2.05, 4.69) is 0 Å². The third-order valence-corrected chi connectivity index (χ3v) is 5.41. The molecule has 168 valence electrons. The summed E-state index contributed by atoms with van der Waals surface area (Å²) in [6.45, 7) is 1.77. The largest absolute Gasteiger partial charge is 0.508 e. The summed E-state index contributed by atoms with van der Waals surface area (Å²) >= 11 is 0. The third-order valence-electron chi connectivity index (χ3n) is 5.41. The van der Waals surface area contributed by atoms with Gasteiger partial charge in [0.1, 0.15) is 28.9 Å². The maximum atomic E-state index is 14.7. The van der Waals surface area contributed by atoms with Crippen molar-refractivity contribution in [3.8, 4) is 11.5 Å². The van der Waals surface area contributed by atoms with Crippen LogP contribution in [0.4, 0.5) is 14.5 Å². The number of ketones is 1. The monoisotopic (exact) mass is 451 g/mol. The molecule has 1 heterocycles. The highest BCUT2D eigenvalue weighted by atomic mass is 19.1. The highest BCUT2D eigenvalue weighted by Gasteiger charge is 2.48. The first-order valence-electron chi connectivity index (χ1n) is 9.93. The number of benzene rings is 3. The van der Waals surface area contributed by atoms with Crippen LogP contribution in [-0.4, -0.2) is 29.0 Å². The van der Waals surface area contributed by atoms with Crippen LogP contribution in [0.5, 0.6) is 11.5 Å². The number of aryl methyl sites for hydroxylation is 1. The van der Waals surface area contributed by atoms with Crippen molar-refractivity contribution in [3.63, 3.8) is 0 Å². The van der Waals surface area contributed by atoms with E-state index in [1.54, 1.807) is 25.1 Å². The molecule has 0 aromatic heterocycles. The van der Waals surface area contributed by atoms with Crippen LogP contribution in [0.1, 0.15) is 22.7 Å². The molecule has 0 aliphatic carbocycles. The fourth-order valence-corrected chi connectivity index (χ4v) is 3.92. The number of aromatic hydroxyl groups is 1. The van der Waals surface area contributed by atoms with E-state index in [0.717, 1.165) is 22.6 Å². The number of aliphatic hydroxyl groups is 1. The van der Waals surface area contributed by atoms with E-state index in [4.69, 9.17) is 4.74 Å². The van der Waals surface area contributed by atoms with Gasteiger partial charge in [-0.15, -0.1) is 0 Å². The molecule has 1 saturated heterocycles. The van der Waals surface area contributed by atoms with Gasteiger partial charge < -0.3 is 14.9 Å². The molecule has 1 aliphatic heterocycles. The van der Waals surface area contributed by atoms with Crippen molar-refractivity contribution in [3.05, 3.63) is 94.6 Å². The predicted octanol–water partition coefficient (Wildman–Crippen LogP) is 4.61. The Morgan fingerprint density at radius 3 is 2.45 bits per heavy atom. The highest BCUT2D eigenvalue weighted by Crippen LogP contribution is 2.44. The van der Waals surface area contributed by atoms with Crippen LogP contribution in [0.15, 0.2) is 66.2 Å². The molecule has 2 N–H and O–H groups in total. The number of hydrogen-bond donors (Lipinski definition) is 2. The van der Waals surface area contributed by atoms with Crippen LogP contribution in [0, 0.1) is 18.6 Å². The number of rotatable bonds is 4. The maximum absolute atomic E-state index is 14.7. The molecule has 1 amide bonds. The number of carbonyl (C=O) groups excluding carboxylic acids is 2. The first-order valence-corrected chi connectivity index (χ1v) is 9.93. The molecule has 8 heteroatoms. The molecule has 1 fully saturated rings. The summed E-state index contributed by atoms with van der Waals surface area (Å²) in [4.78, 5) is 27.0. The average Bonchev–Trinajstić information content (AvgIpc) is 3.04. The van der Waals surface area contributed by atoms with Crippen LogP contribution in [-0.2, 0) is 9.59 Å². The van der Waals surface area contributed by atoms with Crippen molar-refractivity contribution in [2.24, 2.45) is 0 Å². The van der Waals surface area contributed by atoms with Crippen LogP contribution >= 0.6 is 0 Å². The van der Waals surface area contributed by atoms with E-state index in [9.17, 15) is 28.6 Å². The summed E-state index contributed by atoms with van der Waals surface area (Å²) in [6, 6.07) is 11.9. The first-order chi connectivity index (χ1) is 15.7. The maximum Gasteiger partial charge on any atom is 0.300 e. The molecule has 1 aliphatic rings. The zero-order valence-corrected chi connectivity index (χ0v) is 17.7. The van der Waals surface area contributed by atoms with Crippen molar-refractivity contribution in [2.75, 3.05) is 12.0 Å². The zero-order valence-electron chi connectivity index (χ0n) is 17.7. The van der Waals surface area contributed by atoms with Crippen LogP contribution in [0.2, 0.25) is 0 Å². The van der Waals surface area contributed by atoms with Crippen molar-refractivity contribution < 1.29 is 33.3 Å². The number of nitrogens with zero attached hydrogens (tertiary/aromatic N) is 1. The minimum absolute atomic E-state index is 0.161. The van der Waals surface area contributed by atoms with Gasteiger partial charge in [0, 0.05) is 6.07 Å². The van der Waals surface area contributed by atoms with E-state index in [-0.39, 0.29) is 33.9 Å². The van der Waals surface area contributed by atoms with Crippen molar-refractivity contribution in [2.45, 2.75) is 13.0 Å². The molecule has 4 rings (SSSR count). The van der Waals surface area contributed by atoms with Gasteiger partial charge in [-0.05, 0) is 48.9 Å². The van der Waals surface area contributed by atoms with Crippen molar-refractivity contribution in [1.82, 2.24) is 0 Å². The molecule has 1 unspecified atom stereocenters. The van der Waals surface area contributed by atoms with E-state index in [0.29, 0.717) is 6.07 Å². The minimum atomic E-state index is -1.29. The molecule has 0 radical (unpaired) electrons. The average molecular weight is 451 g/mol. The van der Waals surface area contributed by atoms with Gasteiger partial charge in [-0.25, -0.2) is 8.78 Å². The standard InChI is InChI=1S/C25H19F2NO5/c1-13-6-9-20(33-2)17(10-13)23(30)21-22(14-4-3-5-16(29)11-14)28(25(32)24(21)31)19-8-7-15(26)12-18(19)27/h3-12,22,29-30H,1-2H3/b23-21+. The molecule has 3 aromatic rings. The van der Waals surface area contributed by atoms with E-state index in [1.165, 1.54) is 31.4 Å². The van der Waals surface area contributed by atoms with Crippen molar-refractivity contribution >= 4 is 23.1 Å². The normalized spacial score (nSPS) is 17.5. The Kier molecular flexibility index (Phi) is 5.59. The number of anilines is 1. The highest BCUT2D eigenvalue weighted by molar-refractivity contribution is 6.51. The third kappa shape index (κ3) is 3.80. The number of methoxy groups -OCH3 is 1. The number of hydrogen-bond acceptors (Lipinski definition) is 5. The molecule has 6 nitrogen and oxygen atoms in total. The molecular formula is C25H19F2NO5. The van der Waals surface area contributed by atoms with Gasteiger partial charge in [-0.3, -0.25) is 14.5 Å². The number of halogens is 2. The lowest BCUT2D eigenvalue weighted by molar-refractivity contribution is -0.132. The van der Waals surface area contributed by atoms with Gasteiger partial charge in [0.05, 0.1) is 30.0 Å². The number of carbonyl (C=O) groups is 2. The number of amides is 1. The van der Waals surface area contributed by atoms with E-state index < -0.39 is 35.1 Å². The van der Waals surface area contributed by atoms with E-state index in [1.807, 2.05) is 0 Å². The number of phenolic OH excluding ortho intramolecular Hbond substituents is 1. The fourth-order valence-electron chi connectivity index (χ4n) is 3.92. The Hall–Kier alpha value is -4.20. The minimum Gasteiger partial charge on any atom is -0.508 e. The summed E-state index contributed by atoms with van der Waals surface area (Å²) < 4.78 is 33.5. The fraction of sp³-hybridized carbons (Fsp3) is 0.120. The number of aliphatic hydroxyl groups excluding tert-OH is 1. The second-order valence-electron chi connectivity index (χ2n) is 7.56. The lowest BCUT2D eigenvalue weighted by atomic mass is 9.94. The Morgan fingerprint density at radius 1 is 1.03 bits per heavy atom. The molecule has 0 bridgehead atoms. The number of Topliss-reactive ketones (excluding diaryl/α,β-unsaturated/α-hetero) is 1. The number of ether oxygens (including phenoxy) is 1. The second kappa shape index (κ2) is 8.38. The summed E-state index contributed by atoms with van der Waals surface area (Å²) in [7, 11) is 1.39. The summed E-state index contributed by atoms with van der Waals surface area (Å²) in [6.07, 6.45) is 0. The molecular weight excluding hydrogens is 432 g/mol. The molecule has 0 spiro atoms. The lowest BCUT2D eigenvalue weighted by Crippen LogP contribution is -2.30. The summed E-state index contributed by atoms with van der Waals surface area (Å²) in [5, 5.41) is 21.2. The molecule has 0 saturated carbocycles. The van der Waals surface area contributed by atoms with Gasteiger partial charge >= 0.3 is 0 Å². The molecule has 1 atom stereocenters. The van der Waals surface area contributed by atoms with Gasteiger partial charge in [0.2, 0.25) is 0 Å². The van der Waals surface area contributed by atoms with Gasteiger partial charge in [0.25, 0.3) is 11.7 Å². The van der Waals surface area contributed by atoms with Crippen molar-refractivity contribution in [1.29, 1.82) is 0 Å². The Balaban J connectivity index is 2.02. The zero-order chi connectivity index (χ0) is 23.9. The first kappa shape index (κ1) is 22.0. The topological polar surface area (TPSA) is 87.1 Å². The quantitative estimate of drug-likeness (QED) is 0.344.